The molecule has 0 bridgehead atoms. The van der Waals surface area contributed by atoms with Crippen molar-refractivity contribution in [3.8, 4) is 0 Å². The number of benzene rings is 1. The first-order chi connectivity index (χ1) is 14.9. The van der Waals surface area contributed by atoms with Gasteiger partial charge in [-0.05, 0) is 55.7 Å². The number of rotatable bonds is 9. The van der Waals surface area contributed by atoms with Gasteiger partial charge >= 0.3 is 0 Å². The molecule has 1 aromatic heterocycles. The van der Waals surface area contributed by atoms with E-state index in [0.717, 1.165) is 0 Å². The minimum absolute atomic E-state index is 0.103. The van der Waals surface area contributed by atoms with E-state index < -0.39 is 22.2 Å². The predicted molar refractivity (Wildman–Crippen MR) is 116 cm³/mol. The fourth-order valence-electron chi connectivity index (χ4n) is 3.46. The number of aliphatic hydroxyl groups is 1. The number of hydrogen-bond acceptors (Lipinski definition) is 6. The van der Waals surface area contributed by atoms with E-state index >= 15 is 0 Å². The van der Waals surface area contributed by atoms with Gasteiger partial charge in [-0.2, -0.15) is 0 Å². The first kappa shape index (κ1) is 23.6. The number of aromatic nitrogens is 1. The van der Waals surface area contributed by atoms with Crippen LogP contribution in [0.3, 0.4) is 0 Å². The van der Waals surface area contributed by atoms with Gasteiger partial charge in [-0.25, -0.2) is 13.1 Å². The van der Waals surface area contributed by atoms with Gasteiger partial charge in [0.15, 0.2) is 0 Å². The lowest BCUT2D eigenvalue weighted by Gasteiger charge is -2.36. The molecule has 0 saturated carbocycles. The van der Waals surface area contributed by atoms with Gasteiger partial charge < -0.3 is 15.2 Å². The average molecular weight is 468 g/mol. The van der Waals surface area contributed by atoms with Crippen LogP contribution >= 0.6 is 11.6 Å². The zero-order chi connectivity index (χ0) is 22.3. The zero-order valence-corrected chi connectivity index (χ0v) is 18.5. The van der Waals surface area contributed by atoms with Crippen LogP contribution < -0.4 is 10.0 Å². The first-order valence-corrected chi connectivity index (χ1v) is 11.9. The Bertz CT molecular complexity index is 957. The number of aliphatic hydroxyl groups excluding tert-OH is 1. The Hall–Kier alpha value is -2.04. The second kappa shape index (κ2) is 11.0. The summed E-state index contributed by atoms with van der Waals surface area (Å²) in [5.74, 6) is -0.123. The van der Waals surface area contributed by atoms with E-state index in [9.17, 15) is 18.3 Å². The van der Waals surface area contributed by atoms with Crippen molar-refractivity contribution in [2.45, 2.75) is 48.8 Å². The van der Waals surface area contributed by atoms with Gasteiger partial charge in [-0.1, -0.05) is 17.7 Å². The van der Waals surface area contributed by atoms with Crippen LogP contribution in [0.4, 0.5) is 0 Å². The number of halogens is 1. The summed E-state index contributed by atoms with van der Waals surface area (Å²) in [6.07, 6.45) is 2.71. The molecule has 3 atom stereocenters. The molecule has 1 amide bonds. The third kappa shape index (κ3) is 6.98. The molecule has 3 N–H and O–H groups in total. The number of hydrogen-bond donors (Lipinski definition) is 3. The normalized spacial score (nSPS) is 21.5. The molecule has 1 saturated heterocycles. The van der Waals surface area contributed by atoms with Crippen molar-refractivity contribution in [3.05, 3.63) is 59.4 Å². The number of nitrogens with one attached hydrogen (secondary N) is 2. The summed E-state index contributed by atoms with van der Waals surface area (Å²) in [5, 5.41) is 13.0. The number of carbonyl (C=O) groups excluding carboxylic acids is 1. The van der Waals surface area contributed by atoms with Gasteiger partial charge in [0.25, 0.3) is 0 Å². The van der Waals surface area contributed by atoms with Gasteiger partial charge in [0.05, 0.1) is 36.2 Å². The van der Waals surface area contributed by atoms with Crippen molar-refractivity contribution in [1.82, 2.24) is 15.0 Å². The quantitative estimate of drug-likeness (QED) is 0.516. The lowest BCUT2D eigenvalue weighted by molar-refractivity contribution is -0.121. The summed E-state index contributed by atoms with van der Waals surface area (Å²) in [4.78, 5) is 16.3. The third-order valence-electron chi connectivity index (χ3n) is 5.08. The molecule has 8 nitrogen and oxygen atoms in total. The number of amides is 1. The molecule has 168 valence electrons. The Morgan fingerprint density at radius 2 is 1.97 bits per heavy atom. The maximum atomic E-state index is 12.6. The number of nitrogens with zero attached hydrogens (tertiary/aromatic N) is 1. The van der Waals surface area contributed by atoms with Gasteiger partial charge in [-0.15, -0.1) is 0 Å². The highest BCUT2D eigenvalue weighted by molar-refractivity contribution is 7.89. The van der Waals surface area contributed by atoms with Gasteiger partial charge in [0.1, 0.15) is 0 Å². The molecule has 0 radical (unpaired) electrons. The summed E-state index contributed by atoms with van der Waals surface area (Å²) in [7, 11) is -3.76. The summed E-state index contributed by atoms with van der Waals surface area (Å²) >= 11 is 5.82. The van der Waals surface area contributed by atoms with Crippen LogP contribution in [0.25, 0.3) is 0 Å². The molecular formula is C21H26ClN3O5S. The van der Waals surface area contributed by atoms with Crippen molar-refractivity contribution >= 4 is 27.5 Å². The summed E-state index contributed by atoms with van der Waals surface area (Å²) in [5.41, 5.74) is 0.699. The molecule has 0 aliphatic carbocycles. The minimum Gasteiger partial charge on any atom is -0.394 e. The topological polar surface area (TPSA) is 118 Å². The van der Waals surface area contributed by atoms with Crippen LogP contribution in [-0.4, -0.2) is 55.8 Å². The van der Waals surface area contributed by atoms with E-state index in [0.29, 0.717) is 36.5 Å². The summed E-state index contributed by atoms with van der Waals surface area (Å²) in [6, 6.07) is 10.8. The molecule has 3 rings (SSSR count). The van der Waals surface area contributed by atoms with Crippen LogP contribution in [0, 0.1) is 0 Å². The molecule has 2 heterocycles. The number of sulfonamides is 1. The largest absolute Gasteiger partial charge is 0.394 e. The van der Waals surface area contributed by atoms with E-state index in [1.807, 2.05) is 6.07 Å². The minimum atomic E-state index is -3.76. The standard InChI is InChI=1S/C21H26ClN3O5S/c22-15-4-7-18(8-5-15)31(28,29)25-19-9-6-17(30-20(19)14-26)10-12-24-21(27)13-16-3-1-2-11-23-16/h1-5,7-8,11,17,19-20,25-26H,6,9-10,12-14H2,(H,24,27)/t17-,19-,20+/m0/s1. The average Bonchev–Trinajstić information content (AvgIpc) is 2.75. The Balaban J connectivity index is 1.46. The van der Waals surface area contributed by atoms with E-state index in [2.05, 4.69) is 15.0 Å². The molecule has 1 aromatic carbocycles. The monoisotopic (exact) mass is 467 g/mol. The van der Waals surface area contributed by atoms with Crippen molar-refractivity contribution in [1.29, 1.82) is 0 Å². The second-order valence-corrected chi connectivity index (χ2v) is 9.53. The van der Waals surface area contributed by atoms with Crippen LogP contribution in [-0.2, 0) is 26.0 Å². The fraction of sp³-hybridized carbons (Fsp3) is 0.429. The smallest absolute Gasteiger partial charge is 0.240 e. The van der Waals surface area contributed by atoms with E-state index in [4.69, 9.17) is 16.3 Å². The van der Waals surface area contributed by atoms with Crippen LogP contribution in [0.15, 0.2) is 53.6 Å². The second-order valence-electron chi connectivity index (χ2n) is 7.37. The predicted octanol–water partition coefficient (Wildman–Crippen LogP) is 1.67. The Morgan fingerprint density at radius 1 is 1.19 bits per heavy atom. The van der Waals surface area contributed by atoms with Crippen LogP contribution in [0.1, 0.15) is 25.0 Å². The van der Waals surface area contributed by atoms with Crippen molar-refractivity contribution in [3.63, 3.8) is 0 Å². The maximum absolute atomic E-state index is 12.6. The summed E-state index contributed by atoms with van der Waals surface area (Å²) in [6.45, 7) is 0.117. The maximum Gasteiger partial charge on any atom is 0.240 e. The van der Waals surface area contributed by atoms with Crippen molar-refractivity contribution in [2.24, 2.45) is 0 Å². The van der Waals surface area contributed by atoms with Gasteiger partial charge in [0.2, 0.25) is 15.9 Å². The molecule has 1 fully saturated rings. The molecule has 1 aliphatic heterocycles. The van der Waals surface area contributed by atoms with E-state index in [1.54, 1.807) is 18.3 Å². The summed E-state index contributed by atoms with van der Waals surface area (Å²) < 4.78 is 33.7. The Morgan fingerprint density at radius 3 is 2.65 bits per heavy atom. The molecule has 31 heavy (non-hydrogen) atoms. The molecule has 0 unspecified atom stereocenters. The van der Waals surface area contributed by atoms with Crippen molar-refractivity contribution < 1.29 is 23.1 Å². The Kier molecular flexibility index (Phi) is 8.39. The van der Waals surface area contributed by atoms with E-state index in [-0.39, 0.29) is 29.9 Å². The van der Waals surface area contributed by atoms with E-state index in [1.165, 1.54) is 24.3 Å². The number of pyridine rings is 1. The van der Waals surface area contributed by atoms with Crippen molar-refractivity contribution in [2.75, 3.05) is 13.2 Å². The number of ether oxygens (including phenoxy) is 1. The molecular weight excluding hydrogens is 442 g/mol. The highest BCUT2D eigenvalue weighted by Crippen LogP contribution is 2.23. The number of carbonyl (C=O) groups is 1. The highest BCUT2D eigenvalue weighted by Gasteiger charge is 2.33. The molecule has 1 aliphatic rings. The third-order valence-corrected chi connectivity index (χ3v) is 6.84. The Labute approximate surface area is 187 Å². The first-order valence-electron chi connectivity index (χ1n) is 10.1. The lowest BCUT2D eigenvalue weighted by Crippen LogP contribution is -2.51. The zero-order valence-electron chi connectivity index (χ0n) is 16.9. The van der Waals surface area contributed by atoms with Crippen LogP contribution in [0.2, 0.25) is 5.02 Å². The van der Waals surface area contributed by atoms with Gasteiger partial charge in [0, 0.05) is 23.5 Å². The molecule has 0 spiro atoms. The van der Waals surface area contributed by atoms with Gasteiger partial charge in [-0.3, -0.25) is 9.78 Å². The molecule has 10 heteroatoms. The fourth-order valence-corrected chi connectivity index (χ4v) is 4.89. The molecule has 2 aromatic rings. The SMILES string of the molecule is O=C(Cc1ccccn1)NCC[C@@H]1CC[C@H](NS(=O)(=O)c2ccc(Cl)cc2)[C@@H](CO)O1. The van der Waals surface area contributed by atoms with Crippen LogP contribution in [0.5, 0.6) is 0 Å². The lowest BCUT2D eigenvalue weighted by atomic mass is 9.98. The highest BCUT2D eigenvalue weighted by atomic mass is 35.5.